The lowest BCUT2D eigenvalue weighted by atomic mass is 9.95. The third-order valence-electron chi connectivity index (χ3n) is 6.27. The Morgan fingerprint density at radius 3 is 2.61 bits per heavy atom. The first-order chi connectivity index (χ1) is 17.6. The van der Waals surface area contributed by atoms with Crippen LogP contribution in [-0.4, -0.2) is 46.4 Å². The number of rotatable bonds is 9. The van der Waals surface area contributed by atoms with Gasteiger partial charge in [-0.3, -0.25) is 9.89 Å². The Labute approximate surface area is 214 Å². The van der Waals surface area contributed by atoms with Crippen LogP contribution in [0.4, 0.5) is 0 Å². The summed E-state index contributed by atoms with van der Waals surface area (Å²) in [6.07, 6.45) is 0.687. The number of aromatic hydroxyl groups is 1. The average molecular weight is 504 g/mol. The largest absolute Gasteiger partial charge is 0.507 e. The molecule has 2 N–H and O–H groups in total. The first kappa shape index (κ1) is 23.9. The molecular formula is C28H26ClN3O4. The van der Waals surface area contributed by atoms with Gasteiger partial charge in [-0.1, -0.05) is 54.1 Å². The Kier molecular flexibility index (Phi) is 6.93. The third-order valence-corrected chi connectivity index (χ3v) is 6.50. The maximum absolute atomic E-state index is 13.4. The van der Waals surface area contributed by atoms with Gasteiger partial charge < -0.3 is 19.5 Å². The third kappa shape index (κ3) is 4.67. The van der Waals surface area contributed by atoms with Crippen LogP contribution in [0.2, 0.25) is 5.02 Å². The van der Waals surface area contributed by atoms with E-state index in [-0.39, 0.29) is 17.7 Å². The van der Waals surface area contributed by atoms with Crippen LogP contribution < -0.4 is 4.74 Å². The van der Waals surface area contributed by atoms with E-state index in [4.69, 9.17) is 21.1 Å². The van der Waals surface area contributed by atoms with Crippen LogP contribution in [0.5, 0.6) is 11.5 Å². The Morgan fingerprint density at radius 1 is 1.08 bits per heavy atom. The number of carbonyl (C=O) groups excluding carboxylic acids is 1. The molecule has 1 aliphatic heterocycles. The van der Waals surface area contributed by atoms with Crippen molar-refractivity contribution in [3.63, 3.8) is 0 Å². The van der Waals surface area contributed by atoms with Crippen molar-refractivity contribution in [3.05, 3.63) is 100 Å². The fourth-order valence-electron chi connectivity index (χ4n) is 4.54. The van der Waals surface area contributed by atoms with E-state index >= 15 is 0 Å². The molecule has 36 heavy (non-hydrogen) atoms. The van der Waals surface area contributed by atoms with Gasteiger partial charge in [-0.15, -0.1) is 0 Å². The van der Waals surface area contributed by atoms with Crippen molar-refractivity contribution in [3.8, 4) is 22.8 Å². The molecule has 2 heterocycles. The highest BCUT2D eigenvalue weighted by Crippen LogP contribution is 2.45. The van der Waals surface area contributed by atoms with Crippen molar-refractivity contribution in [2.75, 3.05) is 20.3 Å². The van der Waals surface area contributed by atoms with Gasteiger partial charge in [-0.05, 0) is 47.9 Å². The van der Waals surface area contributed by atoms with Crippen LogP contribution in [-0.2, 0) is 11.3 Å². The molecule has 0 saturated carbocycles. The molecule has 0 radical (unpaired) electrons. The summed E-state index contributed by atoms with van der Waals surface area (Å²) in [5, 5.41) is 18.3. The van der Waals surface area contributed by atoms with E-state index in [1.165, 1.54) is 6.07 Å². The molecule has 8 heteroatoms. The van der Waals surface area contributed by atoms with Gasteiger partial charge in [0, 0.05) is 36.4 Å². The Hall–Kier alpha value is -3.81. The summed E-state index contributed by atoms with van der Waals surface area (Å²) in [5.41, 5.74) is 4.10. The van der Waals surface area contributed by atoms with Gasteiger partial charge in [0.25, 0.3) is 5.91 Å². The molecule has 1 atom stereocenters. The zero-order valence-corrected chi connectivity index (χ0v) is 20.5. The molecule has 7 nitrogen and oxygen atoms in total. The predicted molar refractivity (Wildman–Crippen MR) is 137 cm³/mol. The van der Waals surface area contributed by atoms with Gasteiger partial charge in [0.2, 0.25) is 0 Å². The highest BCUT2D eigenvalue weighted by molar-refractivity contribution is 6.31. The van der Waals surface area contributed by atoms with Gasteiger partial charge in [-0.2, -0.15) is 5.10 Å². The molecule has 5 rings (SSSR count). The standard InChI is InChI=1S/C28H26ClN3O4/c1-35-15-5-14-32-27(19-8-11-21(12-9-19)36-17-18-6-3-2-4-7-18)24-25(30-31-26(24)28(32)34)22-16-20(29)10-13-23(22)33/h2-4,6-13,16,27,33H,5,14-15,17H2,1H3,(H,30,31). The van der Waals surface area contributed by atoms with Crippen LogP contribution in [0.3, 0.4) is 0 Å². The monoisotopic (exact) mass is 503 g/mol. The maximum atomic E-state index is 13.4. The van der Waals surface area contributed by atoms with Gasteiger partial charge in [0.15, 0.2) is 0 Å². The molecule has 3 aromatic carbocycles. The highest BCUT2D eigenvalue weighted by atomic mass is 35.5. The zero-order chi connectivity index (χ0) is 25.1. The molecule has 1 aliphatic rings. The van der Waals surface area contributed by atoms with Gasteiger partial charge in [-0.25, -0.2) is 0 Å². The molecule has 1 unspecified atom stereocenters. The van der Waals surface area contributed by atoms with Crippen molar-refractivity contribution in [1.82, 2.24) is 15.1 Å². The Bertz CT molecular complexity index is 1360. The summed E-state index contributed by atoms with van der Waals surface area (Å²) < 4.78 is 11.2. The van der Waals surface area contributed by atoms with E-state index < -0.39 is 0 Å². The number of methoxy groups -OCH3 is 1. The van der Waals surface area contributed by atoms with Crippen LogP contribution in [0, 0.1) is 0 Å². The first-order valence-corrected chi connectivity index (χ1v) is 12.1. The minimum atomic E-state index is -0.389. The lowest BCUT2D eigenvalue weighted by Crippen LogP contribution is -2.31. The molecule has 0 spiro atoms. The molecule has 0 saturated heterocycles. The number of phenolic OH excluding ortho intramolecular Hbond substituents is 1. The smallest absolute Gasteiger partial charge is 0.273 e. The fraction of sp³-hybridized carbons (Fsp3) is 0.214. The number of fused-ring (bicyclic) bond motifs is 1. The normalized spacial score (nSPS) is 14.8. The van der Waals surface area contributed by atoms with Crippen LogP contribution >= 0.6 is 11.6 Å². The molecule has 0 fully saturated rings. The van der Waals surface area contributed by atoms with Crippen LogP contribution in [0.15, 0.2) is 72.8 Å². The number of hydrogen-bond donors (Lipinski definition) is 2. The van der Waals surface area contributed by atoms with E-state index in [0.717, 1.165) is 16.9 Å². The number of benzene rings is 3. The predicted octanol–water partition coefficient (Wildman–Crippen LogP) is 5.60. The number of H-pyrrole nitrogens is 1. The molecule has 0 bridgehead atoms. The van der Waals surface area contributed by atoms with Crippen molar-refractivity contribution < 1.29 is 19.4 Å². The van der Waals surface area contributed by atoms with E-state index in [0.29, 0.717) is 53.7 Å². The van der Waals surface area contributed by atoms with Crippen LogP contribution in [0.1, 0.15) is 39.6 Å². The fourth-order valence-corrected chi connectivity index (χ4v) is 4.72. The number of hydrogen-bond acceptors (Lipinski definition) is 5. The first-order valence-electron chi connectivity index (χ1n) is 11.7. The Balaban J connectivity index is 1.49. The number of nitrogens with one attached hydrogen (secondary N) is 1. The van der Waals surface area contributed by atoms with Crippen molar-refractivity contribution in [2.45, 2.75) is 19.1 Å². The number of aromatic nitrogens is 2. The minimum absolute atomic E-state index is 0.0439. The van der Waals surface area contributed by atoms with Gasteiger partial charge in [0.1, 0.15) is 29.5 Å². The summed E-state index contributed by atoms with van der Waals surface area (Å²) in [6.45, 7) is 1.51. The molecular weight excluding hydrogens is 478 g/mol. The number of amides is 1. The lowest BCUT2D eigenvalue weighted by molar-refractivity contribution is 0.0723. The second-order valence-corrected chi connectivity index (χ2v) is 9.05. The summed E-state index contributed by atoms with van der Waals surface area (Å²) in [7, 11) is 1.64. The summed E-state index contributed by atoms with van der Waals surface area (Å²) in [6, 6.07) is 22.1. The summed E-state index contributed by atoms with van der Waals surface area (Å²) in [5.74, 6) is 0.635. The van der Waals surface area contributed by atoms with E-state index in [1.807, 2.05) is 59.5 Å². The maximum Gasteiger partial charge on any atom is 0.273 e. The quantitative estimate of drug-likeness (QED) is 0.290. The molecule has 1 amide bonds. The van der Waals surface area contributed by atoms with Crippen molar-refractivity contribution in [1.29, 1.82) is 0 Å². The van der Waals surface area contributed by atoms with Crippen LogP contribution in [0.25, 0.3) is 11.3 Å². The van der Waals surface area contributed by atoms with E-state index in [1.54, 1.807) is 19.2 Å². The minimum Gasteiger partial charge on any atom is -0.507 e. The van der Waals surface area contributed by atoms with Crippen molar-refractivity contribution in [2.24, 2.45) is 0 Å². The van der Waals surface area contributed by atoms with E-state index in [2.05, 4.69) is 10.2 Å². The number of ether oxygens (including phenoxy) is 2. The van der Waals surface area contributed by atoms with E-state index in [9.17, 15) is 9.90 Å². The molecule has 184 valence electrons. The number of aromatic amines is 1. The lowest BCUT2D eigenvalue weighted by Gasteiger charge is -2.26. The zero-order valence-electron chi connectivity index (χ0n) is 19.8. The summed E-state index contributed by atoms with van der Waals surface area (Å²) >= 11 is 6.22. The SMILES string of the molecule is COCCCN1C(=O)c2[nH]nc(-c3cc(Cl)ccc3O)c2C1c1ccc(OCc2ccccc2)cc1. The van der Waals surface area contributed by atoms with Crippen molar-refractivity contribution >= 4 is 17.5 Å². The second-order valence-electron chi connectivity index (χ2n) is 8.61. The second kappa shape index (κ2) is 10.4. The van der Waals surface area contributed by atoms with Gasteiger partial charge >= 0.3 is 0 Å². The molecule has 1 aromatic heterocycles. The number of carbonyl (C=O) groups is 1. The average Bonchev–Trinajstić information content (AvgIpc) is 3.44. The summed E-state index contributed by atoms with van der Waals surface area (Å²) in [4.78, 5) is 15.2. The molecule has 0 aliphatic carbocycles. The van der Waals surface area contributed by atoms with Gasteiger partial charge in [0.05, 0.1) is 6.04 Å². The highest BCUT2D eigenvalue weighted by Gasteiger charge is 2.42. The number of phenols is 1. The number of nitrogens with zero attached hydrogens (tertiary/aromatic N) is 2. The topological polar surface area (TPSA) is 87.7 Å². The Morgan fingerprint density at radius 2 is 1.86 bits per heavy atom. The molecule has 4 aromatic rings. The number of halogens is 1.